The number of nitrogens with one attached hydrogen (secondary N) is 1. The first-order valence-corrected chi connectivity index (χ1v) is 10.6. The third-order valence-electron chi connectivity index (χ3n) is 4.06. The average Bonchev–Trinajstić information content (AvgIpc) is 3.24. The van der Waals surface area contributed by atoms with E-state index in [1.165, 1.54) is 25.6 Å². The molecule has 2 aromatic carbocycles. The van der Waals surface area contributed by atoms with Gasteiger partial charge in [-0.05, 0) is 35.0 Å². The Kier molecular flexibility index (Phi) is 7.42. The Hall–Kier alpha value is -2.91. The van der Waals surface area contributed by atoms with E-state index in [1.54, 1.807) is 25.3 Å². The Morgan fingerprint density at radius 1 is 1.23 bits per heavy atom. The normalized spacial score (nSPS) is 11.9. The van der Waals surface area contributed by atoms with Gasteiger partial charge in [0.05, 0.1) is 26.1 Å². The SMILES string of the molecule is COC(=O)C(C)Oc1cc(Br)c(C=NNc2nc(-c3ccccc3)cs2)cc1OC. The van der Waals surface area contributed by atoms with Crippen molar-refractivity contribution in [3.05, 3.63) is 57.9 Å². The summed E-state index contributed by atoms with van der Waals surface area (Å²) in [5, 5.41) is 6.91. The molecule has 1 N–H and O–H groups in total. The van der Waals surface area contributed by atoms with E-state index in [2.05, 4.69) is 36.2 Å². The summed E-state index contributed by atoms with van der Waals surface area (Å²) in [7, 11) is 2.84. The number of hydrazone groups is 1. The van der Waals surface area contributed by atoms with Crippen LogP contribution in [-0.4, -0.2) is 37.5 Å². The van der Waals surface area contributed by atoms with Crippen molar-refractivity contribution in [2.75, 3.05) is 19.6 Å². The fourth-order valence-corrected chi connectivity index (χ4v) is 3.62. The van der Waals surface area contributed by atoms with Gasteiger partial charge in [-0.25, -0.2) is 9.78 Å². The maximum absolute atomic E-state index is 11.6. The number of aromatic nitrogens is 1. The highest BCUT2D eigenvalue weighted by atomic mass is 79.9. The van der Waals surface area contributed by atoms with Crippen molar-refractivity contribution in [2.45, 2.75) is 13.0 Å². The number of carbonyl (C=O) groups excluding carboxylic acids is 1. The number of carbonyl (C=O) groups is 1. The molecule has 156 valence electrons. The molecular formula is C21H20BrN3O4S. The van der Waals surface area contributed by atoms with E-state index >= 15 is 0 Å². The van der Waals surface area contributed by atoms with Gasteiger partial charge in [-0.3, -0.25) is 5.43 Å². The van der Waals surface area contributed by atoms with Gasteiger partial charge in [-0.15, -0.1) is 11.3 Å². The van der Waals surface area contributed by atoms with Crippen LogP contribution in [0.4, 0.5) is 5.13 Å². The van der Waals surface area contributed by atoms with Crippen molar-refractivity contribution in [1.29, 1.82) is 0 Å². The second kappa shape index (κ2) is 10.2. The van der Waals surface area contributed by atoms with Gasteiger partial charge in [0.25, 0.3) is 0 Å². The lowest BCUT2D eigenvalue weighted by Gasteiger charge is -2.16. The summed E-state index contributed by atoms with van der Waals surface area (Å²) < 4.78 is 16.4. The first kappa shape index (κ1) is 21.8. The monoisotopic (exact) mass is 489 g/mol. The molecule has 3 rings (SSSR count). The van der Waals surface area contributed by atoms with Crippen LogP contribution in [0, 0.1) is 0 Å². The minimum absolute atomic E-state index is 0.416. The smallest absolute Gasteiger partial charge is 0.346 e. The van der Waals surface area contributed by atoms with Gasteiger partial charge < -0.3 is 14.2 Å². The molecule has 30 heavy (non-hydrogen) atoms. The highest BCUT2D eigenvalue weighted by Gasteiger charge is 2.18. The molecule has 0 fully saturated rings. The van der Waals surface area contributed by atoms with Crippen LogP contribution in [-0.2, 0) is 9.53 Å². The lowest BCUT2D eigenvalue weighted by Crippen LogP contribution is -2.25. The largest absolute Gasteiger partial charge is 0.493 e. The summed E-state index contributed by atoms with van der Waals surface area (Å²) >= 11 is 4.96. The minimum Gasteiger partial charge on any atom is -0.493 e. The Balaban J connectivity index is 1.71. The van der Waals surface area contributed by atoms with Gasteiger partial charge in [0, 0.05) is 21.0 Å². The second-order valence-corrected chi connectivity index (χ2v) is 7.79. The lowest BCUT2D eigenvalue weighted by molar-refractivity contribution is -0.147. The number of benzene rings is 2. The van der Waals surface area contributed by atoms with Crippen molar-refractivity contribution in [3.8, 4) is 22.8 Å². The van der Waals surface area contributed by atoms with Crippen LogP contribution >= 0.6 is 27.3 Å². The first-order chi connectivity index (χ1) is 14.5. The Bertz CT molecular complexity index is 1040. The summed E-state index contributed by atoms with van der Waals surface area (Å²) in [5.74, 6) is 0.414. The molecule has 0 saturated heterocycles. The van der Waals surface area contributed by atoms with Gasteiger partial charge in [0.2, 0.25) is 5.13 Å². The maximum Gasteiger partial charge on any atom is 0.346 e. The number of thiazole rings is 1. The zero-order valence-corrected chi connectivity index (χ0v) is 19.0. The number of hydrogen-bond donors (Lipinski definition) is 1. The molecule has 1 atom stereocenters. The number of nitrogens with zero attached hydrogens (tertiary/aromatic N) is 2. The van der Waals surface area contributed by atoms with E-state index in [4.69, 9.17) is 9.47 Å². The molecule has 7 nitrogen and oxygen atoms in total. The van der Waals surface area contributed by atoms with E-state index in [0.29, 0.717) is 16.6 Å². The van der Waals surface area contributed by atoms with Gasteiger partial charge in [0.1, 0.15) is 0 Å². The third-order valence-corrected chi connectivity index (χ3v) is 5.49. The highest BCUT2D eigenvalue weighted by molar-refractivity contribution is 9.10. The van der Waals surface area contributed by atoms with Crippen LogP contribution in [0.3, 0.4) is 0 Å². The van der Waals surface area contributed by atoms with Crippen molar-refractivity contribution in [3.63, 3.8) is 0 Å². The summed E-state index contributed by atoms with van der Waals surface area (Å²) in [6.45, 7) is 1.61. The van der Waals surface area contributed by atoms with Gasteiger partial charge >= 0.3 is 5.97 Å². The molecule has 9 heteroatoms. The number of methoxy groups -OCH3 is 2. The summed E-state index contributed by atoms with van der Waals surface area (Å²) in [4.78, 5) is 16.1. The van der Waals surface area contributed by atoms with Crippen LogP contribution in [0.15, 0.2) is 57.4 Å². The first-order valence-electron chi connectivity index (χ1n) is 8.94. The van der Waals surface area contributed by atoms with Crippen molar-refractivity contribution in [1.82, 2.24) is 4.98 Å². The van der Waals surface area contributed by atoms with E-state index in [0.717, 1.165) is 21.3 Å². The highest BCUT2D eigenvalue weighted by Crippen LogP contribution is 2.34. The number of rotatable bonds is 8. The molecular weight excluding hydrogens is 470 g/mol. The van der Waals surface area contributed by atoms with E-state index < -0.39 is 12.1 Å². The van der Waals surface area contributed by atoms with Crippen molar-refractivity contribution < 1.29 is 19.0 Å². The molecule has 0 radical (unpaired) electrons. The zero-order valence-electron chi connectivity index (χ0n) is 16.6. The Morgan fingerprint density at radius 3 is 2.70 bits per heavy atom. The number of halogens is 1. The van der Waals surface area contributed by atoms with Crippen LogP contribution in [0.5, 0.6) is 11.5 Å². The average molecular weight is 490 g/mol. The van der Waals surface area contributed by atoms with Gasteiger partial charge in [-0.1, -0.05) is 30.3 Å². The predicted molar refractivity (Wildman–Crippen MR) is 122 cm³/mol. The maximum atomic E-state index is 11.6. The van der Waals surface area contributed by atoms with Crippen LogP contribution in [0.25, 0.3) is 11.3 Å². The van der Waals surface area contributed by atoms with E-state index in [9.17, 15) is 4.79 Å². The molecule has 1 heterocycles. The van der Waals surface area contributed by atoms with Gasteiger partial charge in [0.15, 0.2) is 17.6 Å². The molecule has 0 bridgehead atoms. The fourth-order valence-electron chi connectivity index (χ4n) is 2.53. The molecule has 0 aliphatic carbocycles. The number of anilines is 1. The molecule has 0 saturated carbocycles. The van der Waals surface area contributed by atoms with Crippen LogP contribution < -0.4 is 14.9 Å². The zero-order chi connectivity index (χ0) is 21.5. The van der Waals surface area contributed by atoms with Crippen molar-refractivity contribution >= 4 is 44.6 Å². The molecule has 1 aromatic heterocycles. The fraction of sp³-hybridized carbons (Fsp3) is 0.190. The quantitative estimate of drug-likeness (QED) is 0.273. The van der Waals surface area contributed by atoms with E-state index in [1.807, 2.05) is 35.7 Å². The summed E-state index contributed by atoms with van der Waals surface area (Å²) in [6.07, 6.45) is 0.879. The molecule has 0 spiro atoms. The number of ether oxygens (including phenoxy) is 3. The number of hydrogen-bond acceptors (Lipinski definition) is 8. The molecule has 1 unspecified atom stereocenters. The summed E-state index contributed by atoms with van der Waals surface area (Å²) in [6, 6.07) is 13.4. The van der Waals surface area contributed by atoms with Crippen molar-refractivity contribution in [2.24, 2.45) is 5.10 Å². The lowest BCUT2D eigenvalue weighted by atomic mass is 10.2. The van der Waals surface area contributed by atoms with Crippen LogP contribution in [0.1, 0.15) is 12.5 Å². The third kappa shape index (κ3) is 5.37. The Labute approximate surface area is 186 Å². The van der Waals surface area contributed by atoms with Crippen LogP contribution in [0.2, 0.25) is 0 Å². The minimum atomic E-state index is -0.763. The summed E-state index contributed by atoms with van der Waals surface area (Å²) in [5.41, 5.74) is 5.64. The standard InChI is InChI=1S/C21H20BrN3O4S/c1-13(20(26)28-3)29-19-10-16(22)15(9-18(19)27-2)11-23-25-21-24-17(12-30-21)14-7-5-4-6-8-14/h4-13H,1-3H3,(H,24,25). The molecule has 3 aromatic rings. The molecule has 0 aliphatic heterocycles. The topological polar surface area (TPSA) is 82.0 Å². The Morgan fingerprint density at radius 2 is 2.00 bits per heavy atom. The van der Waals surface area contributed by atoms with E-state index in [-0.39, 0.29) is 0 Å². The second-order valence-electron chi connectivity index (χ2n) is 6.08. The molecule has 0 aliphatic rings. The van der Waals surface area contributed by atoms with Gasteiger partial charge in [-0.2, -0.15) is 5.10 Å². The predicted octanol–water partition coefficient (Wildman–Crippen LogP) is 4.97. The number of esters is 1. The molecule has 0 amide bonds.